The second kappa shape index (κ2) is 6.40. The molecule has 0 aliphatic carbocycles. The average molecular weight is 208 g/mol. The minimum atomic E-state index is 0.106. The summed E-state index contributed by atoms with van der Waals surface area (Å²) in [5.41, 5.74) is 7.14. The molecule has 0 radical (unpaired) electrons. The van der Waals surface area contributed by atoms with E-state index in [9.17, 15) is 0 Å². The summed E-state index contributed by atoms with van der Waals surface area (Å²) < 4.78 is 5.00. The van der Waals surface area contributed by atoms with Crippen molar-refractivity contribution in [2.75, 3.05) is 7.11 Å². The lowest BCUT2D eigenvalue weighted by molar-refractivity contribution is 0.397. The summed E-state index contributed by atoms with van der Waals surface area (Å²) in [7, 11) is 1.61. The Morgan fingerprint density at radius 2 is 2.20 bits per heavy atom. The highest BCUT2D eigenvalue weighted by Crippen LogP contribution is 2.18. The molecule has 1 aromatic heterocycles. The minimum absolute atomic E-state index is 0.106. The van der Waals surface area contributed by atoms with E-state index in [0.29, 0.717) is 5.88 Å². The number of nitrogens with two attached hydrogens (primary N) is 1. The highest BCUT2D eigenvalue weighted by atomic mass is 16.5. The van der Waals surface area contributed by atoms with Gasteiger partial charge in [-0.3, -0.25) is 0 Å². The van der Waals surface area contributed by atoms with E-state index < -0.39 is 0 Å². The normalized spacial score (nSPS) is 12.5. The van der Waals surface area contributed by atoms with E-state index in [2.05, 4.69) is 11.9 Å². The first-order valence-corrected chi connectivity index (χ1v) is 5.53. The molecule has 0 aliphatic rings. The van der Waals surface area contributed by atoms with Crippen LogP contribution in [0, 0.1) is 0 Å². The molecule has 0 spiro atoms. The van der Waals surface area contributed by atoms with Gasteiger partial charge in [0.25, 0.3) is 0 Å². The molecule has 1 atom stereocenters. The Morgan fingerprint density at radius 1 is 1.40 bits per heavy atom. The molecule has 0 saturated heterocycles. The van der Waals surface area contributed by atoms with Gasteiger partial charge in [0, 0.05) is 18.3 Å². The predicted octanol–water partition coefficient (Wildman–Crippen LogP) is 2.67. The summed E-state index contributed by atoms with van der Waals surface area (Å²) in [6.07, 6.45) is 6.49. The molecule has 1 rings (SSSR count). The van der Waals surface area contributed by atoms with Crippen molar-refractivity contribution in [2.45, 2.75) is 38.6 Å². The van der Waals surface area contributed by atoms with Crippen LogP contribution in [0.2, 0.25) is 0 Å². The average Bonchev–Trinajstić information content (AvgIpc) is 2.29. The third-order valence-corrected chi connectivity index (χ3v) is 2.52. The maximum atomic E-state index is 6.05. The topological polar surface area (TPSA) is 48.1 Å². The van der Waals surface area contributed by atoms with Crippen molar-refractivity contribution in [3.8, 4) is 5.88 Å². The van der Waals surface area contributed by atoms with Crippen LogP contribution < -0.4 is 10.5 Å². The molecule has 84 valence electrons. The predicted molar refractivity (Wildman–Crippen MR) is 61.9 cm³/mol. The van der Waals surface area contributed by atoms with E-state index in [1.165, 1.54) is 19.3 Å². The van der Waals surface area contributed by atoms with Crippen molar-refractivity contribution in [3.05, 3.63) is 23.9 Å². The molecular formula is C12H20N2O. The number of rotatable bonds is 6. The zero-order valence-electron chi connectivity index (χ0n) is 9.57. The molecule has 0 fully saturated rings. The number of aromatic nitrogens is 1. The van der Waals surface area contributed by atoms with Crippen LogP contribution >= 0.6 is 0 Å². The van der Waals surface area contributed by atoms with E-state index in [1.54, 1.807) is 13.3 Å². The molecule has 3 nitrogen and oxygen atoms in total. The van der Waals surface area contributed by atoms with Crippen molar-refractivity contribution in [3.63, 3.8) is 0 Å². The first-order chi connectivity index (χ1) is 7.27. The van der Waals surface area contributed by atoms with Gasteiger partial charge >= 0.3 is 0 Å². The van der Waals surface area contributed by atoms with Crippen LogP contribution in [-0.2, 0) is 0 Å². The van der Waals surface area contributed by atoms with Crippen molar-refractivity contribution < 1.29 is 4.74 Å². The van der Waals surface area contributed by atoms with Crippen molar-refractivity contribution in [2.24, 2.45) is 5.73 Å². The number of methoxy groups -OCH3 is 1. The summed E-state index contributed by atoms with van der Waals surface area (Å²) in [6, 6.07) is 3.95. The Labute approximate surface area is 91.7 Å². The van der Waals surface area contributed by atoms with E-state index >= 15 is 0 Å². The molecule has 0 amide bonds. The number of hydrogen-bond donors (Lipinski definition) is 1. The van der Waals surface area contributed by atoms with Gasteiger partial charge in [-0.15, -0.1) is 0 Å². The van der Waals surface area contributed by atoms with Gasteiger partial charge in [0.1, 0.15) is 0 Å². The Hall–Kier alpha value is -1.09. The molecule has 1 heterocycles. The van der Waals surface area contributed by atoms with E-state index in [-0.39, 0.29) is 6.04 Å². The van der Waals surface area contributed by atoms with E-state index in [4.69, 9.17) is 10.5 Å². The highest BCUT2D eigenvalue weighted by Gasteiger charge is 2.05. The number of hydrogen-bond acceptors (Lipinski definition) is 3. The zero-order chi connectivity index (χ0) is 11.1. The number of nitrogens with zero attached hydrogens (tertiary/aromatic N) is 1. The third-order valence-electron chi connectivity index (χ3n) is 2.52. The molecule has 3 heteroatoms. The summed E-state index contributed by atoms with van der Waals surface area (Å²) in [6.45, 7) is 2.19. The lowest BCUT2D eigenvalue weighted by Gasteiger charge is -2.11. The maximum absolute atomic E-state index is 6.05. The summed E-state index contributed by atoms with van der Waals surface area (Å²) in [4.78, 5) is 4.14. The summed E-state index contributed by atoms with van der Waals surface area (Å²) in [5, 5.41) is 0. The quantitative estimate of drug-likeness (QED) is 0.731. The molecule has 0 saturated carbocycles. The SMILES string of the molecule is CCCCC[C@@H](N)c1ccc(OC)nc1. The molecule has 2 N–H and O–H groups in total. The summed E-state index contributed by atoms with van der Waals surface area (Å²) in [5.74, 6) is 0.638. The van der Waals surface area contributed by atoms with Crippen LogP contribution in [0.3, 0.4) is 0 Å². The lowest BCUT2D eigenvalue weighted by atomic mass is 10.0. The van der Waals surface area contributed by atoms with E-state index in [1.807, 2.05) is 12.1 Å². The fraction of sp³-hybridized carbons (Fsp3) is 0.583. The van der Waals surface area contributed by atoms with Gasteiger partial charge in [-0.1, -0.05) is 32.3 Å². The van der Waals surface area contributed by atoms with Gasteiger partial charge < -0.3 is 10.5 Å². The molecule has 0 aromatic carbocycles. The standard InChI is InChI=1S/C12H20N2O/c1-3-4-5-6-11(13)10-7-8-12(15-2)14-9-10/h7-9,11H,3-6,13H2,1-2H3/t11-/m1/s1. The fourth-order valence-corrected chi connectivity index (χ4v) is 1.51. The van der Waals surface area contributed by atoms with Gasteiger partial charge in [-0.2, -0.15) is 0 Å². The number of ether oxygens (including phenoxy) is 1. The van der Waals surface area contributed by atoms with E-state index in [0.717, 1.165) is 12.0 Å². The largest absolute Gasteiger partial charge is 0.481 e. The Balaban J connectivity index is 2.46. The fourth-order valence-electron chi connectivity index (χ4n) is 1.51. The Bertz CT molecular complexity index is 271. The second-order valence-corrected chi connectivity index (χ2v) is 3.74. The van der Waals surface area contributed by atoms with Crippen LogP contribution in [0.5, 0.6) is 5.88 Å². The zero-order valence-corrected chi connectivity index (χ0v) is 9.57. The van der Waals surface area contributed by atoms with Gasteiger partial charge in [0.05, 0.1) is 7.11 Å². The van der Waals surface area contributed by atoms with Crippen molar-refractivity contribution >= 4 is 0 Å². The van der Waals surface area contributed by atoms with Crippen LogP contribution in [0.4, 0.5) is 0 Å². The van der Waals surface area contributed by atoms with Gasteiger partial charge in [0.2, 0.25) is 5.88 Å². The van der Waals surface area contributed by atoms with Gasteiger partial charge in [0.15, 0.2) is 0 Å². The maximum Gasteiger partial charge on any atom is 0.212 e. The summed E-state index contributed by atoms with van der Waals surface area (Å²) >= 11 is 0. The first-order valence-electron chi connectivity index (χ1n) is 5.53. The molecule has 1 aromatic rings. The van der Waals surface area contributed by atoms with Crippen molar-refractivity contribution in [1.82, 2.24) is 4.98 Å². The monoisotopic (exact) mass is 208 g/mol. The Morgan fingerprint density at radius 3 is 2.73 bits per heavy atom. The second-order valence-electron chi connectivity index (χ2n) is 3.74. The van der Waals surface area contributed by atoms with Crippen molar-refractivity contribution in [1.29, 1.82) is 0 Å². The number of pyridine rings is 1. The third kappa shape index (κ3) is 3.88. The minimum Gasteiger partial charge on any atom is -0.481 e. The Kier molecular flexibility index (Phi) is 5.12. The molecule has 0 aliphatic heterocycles. The molecule has 0 bridgehead atoms. The first kappa shape index (κ1) is 12.0. The number of unbranched alkanes of at least 4 members (excludes halogenated alkanes) is 2. The molecule has 15 heavy (non-hydrogen) atoms. The molecular weight excluding hydrogens is 188 g/mol. The van der Waals surface area contributed by atoms with Gasteiger partial charge in [-0.25, -0.2) is 4.98 Å². The van der Waals surface area contributed by atoms with Gasteiger partial charge in [-0.05, 0) is 12.0 Å². The molecule has 0 unspecified atom stereocenters. The lowest BCUT2D eigenvalue weighted by Crippen LogP contribution is -2.10. The van der Waals surface area contributed by atoms with Crippen LogP contribution in [0.15, 0.2) is 18.3 Å². The highest BCUT2D eigenvalue weighted by molar-refractivity contribution is 5.20. The van der Waals surface area contributed by atoms with Crippen LogP contribution in [-0.4, -0.2) is 12.1 Å². The smallest absolute Gasteiger partial charge is 0.212 e. The van der Waals surface area contributed by atoms with Crippen LogP contribution in [0.25, 0.3) is 0 Å². The van der Waals surface area contributed by atoms with Crippen LogP contribution in [0.1, 0.15) is 44.2 Å².